The molecule has 2 aliphatic rings. The Labute approximate surface area is 115 Å². The maximum absolute atomic E-state index is 6.53. The van der Waals surface area contributed by atoms with Gasteiger partial charge in [-0.1, -0.05) is 50.1 Å². The van der Waals surface area contributed by atoms with E-state index in [4.69, 9.17) is 10.3 Å². The van der Waals surface area contributed by atoms with Gasteiger partial charge in [-0.25, -0.2) is 0 Å². The van der Waals surface area contributed by atoms with Crippen LogP contribution in [0.15, 0.2) is 4.52 Å². The van der Waals surface area contributed by atoms with Crippen molar-refractivity contribution in [3.8, 4) is 0 Å². The molecule has 0 saturated heterocycles. The molecule has 19 heavy (non-hydrogen) atoms. The van der Waals surface area contributed by atoms with E-state index >= 15 is 0 Å². The Morgan fingerprint density at radius 1 is 0.947 bits per heavy atom. The summed E-state index contributed by atoms with van der Waals surface area (Å²) >= 11 is 0. The standard InChI is InChI=1S/C15H25N3O/c16-15(10-6-1-2-7-11-15)14-17-13(18-19-14)12-8-4-3-5-9-12/h12H,1-11,16H2. The van der Waals surface area contributed by atoms with E-state index in [1.165, 1.54) is 57.8 Å². The first-order valence-corrected chi connectivity index (χ1v) is 7.91. The summed E-state index contributed by atoms with van der Waals surface area (Å²) in [5, 5.41) is 4.22. The number of nitrogens with zero attached hydrogens (tertiary/aromatic N) is 2. The highest BCUT2D eigenvalue weighted by molar-refractivity contribution is 5.05. The smallest absolute Gasteiger partial charge is 0.246 e. The van der Waals surface area contributed by atoms with E-state index in [1.807, 2.05) is 0 Å². The van der Waals surface area contributed by atoms with Crippen LogP contribution >= 0.6 is 0 Å². The van der Waals surface area contributed by atoms with Crippen LogP contribution < -0.4 is 5.73 Å². The normalized spacial score (nSPS) is 25.1. The molecular formula is C15H25N3O. The molecule has 0 aromatic carbocycles. The maximum atomic E-state index is 6.53. The van der Waals surface area contributed by atoms with Crippen LogP contribution in [0.3, 0.4) is 0 Å². The Morgan fingerprint density at radius 3 is 2.26 bits per heavy atom. The average Bonchev–Trinajstić information content (AvgIpc) is 2.85. The highest BCUT2D eigenvalue weighted by atomic mass is 16.5. The number of nitrogens with two attached hydrogens (primary N) is 1. The van der Waals surface area contributed by atoms with Crippen molar-refractivity contribution in [3.05, 3.63) is 11.7 Å². The minimum Gasteiger partial charge on any atom is -0.337 e. The molecule has 106 valence electrons. The van der Waals surface area contributed by atoms with Crippen molar-refractivity contribution < 1.29 is 4.52 Å². The highest BCUT2D eigenvalue weighted by Gasteiger charge is 2.35. The van der Waals surface area contributed by atoms with Crippen LogP contribution in [-0.2, 0) is 5.54 Å². The van der Waals surface area contributed by atoms with Gasteiger partial charge in [0.25, 0.3) is 0 Å². The van der Waals surface area contributed by atoms with E-state index < -0.39 is 0 Å². The summed E-state index contributed by atoms with van der Waals surface area (Å²) in [6, 6.07) is 0. The van der Waals surface area contributed by atoms with Crippen LogP contribution in [0, 0.1) is 0 Å². The minimum atomic E-state index is -0.365. The van der Waals surface area contributed by atoms with Gasteiger partial charge in [0.1, 0.15) is 0 Å². The van der Waals surface area contributed by atoms with E-state index in [2.05, 4.69) is 10.1 Å². The van der Waals surface area contributed by atoms with E-state index in [9.17, 15) is 0 Å². The fourth-order valence-corrected chi connectivity index (χ4v) is 3.54. The quantitative estimate of drug-likeness (QED) is 0.827. The maximum Gasteiger partial charge on any atom is 0.246 e. The van der Waals surface area contributed by atoms with Gasteiger partial charge in [-0.15, -0.1) is 0 Å². The molecule has 2 aliphatic carbocycles. The number of rotatable bonds is 2. The summed E-state index contributed by atoms with van der Waals surface area (Å²) in [5.74, 6) is 2.10. The lowest BCUT2D eigenvalue weighted by atomic mass is 9.88. The summed E-state index contributed by atoms with van der Waals surface area (Å²) in [6.45, 7) is 0. The topological polar surface area (TPSA) is 64.9 Å². The molecule has 0 bridgehead atoms. The Hall–Kier alpha value is -0.900. The lowest BCUT2D eigenvalue weighted by Gasteiger charge is -2.23. The van der Waals surface area contributed by atoms with Crippen LogP contribution in [0.25, 0.3) is 0 Å². The Kier molecular flexibility index (Phi) is 3.87. The molecule has 1 heterocycles. The minimum absolute atomic E-state index is 0.365. The van der Waals surface area contributed by atoms with Gasteiger partial charge in [-0.3, -0.25) is 0 Å². The molecule has 0 amide bonds. The Morgan fingerprint density at radius 2 is 1.58 bits per heavy atom. The largest absolute Gasteiger partial charge is 0.337 e. The molecule has 2 N–H and O–H groups in total. The van der Waals surface area contributed by atoms with Gasteiger partial charge in [0, 0.05) is 5.92 Å². The number of aromatic nitrogens is 2. The molecular weight excluding hydrogens is 238 g/mol. The van der Waals surface area contributed by atoms with Gasteiger partial charge in [0.05, 0.1) is 5.54 Å². The molecule has 0 spiro atoms. The molecule has 0 atom stereocenters. The zero-order valence-electron chi connectivity index (χ0n) is 11.7. The van der Waals surface area contributed by atoms with E-state index in [1.54, 1.807) is 0 Å². The third-order valence-electron chi connectivity index (χ3n) is 4.83. The molecule has 0 radical (unpaired) electrons. The van der Waals surface area contributed by atoms with Gasteiger partial charge in [-0.05, 0) is 25.7 Å². The Bertz CT molecular complexity index is 401. The summed E-state index contributed by atoms with van der Waals surface area (Å²) in [4.78, 5) is 4.67. The zero-order valence-corrected chi connectivity index (χ0v) is 11.7. The fraction of sp³-hybridized carbons (Fsp3) is 0.867. The predicted molar refractivity (Wildman–Crippen MR) is 73.7 cm³/mol. The highest BCUT2D eigenvalue weighted by Crippen LogP contribution is 2.35. The molecule has 1 aromatic heterocycles. The van der Waals surface area contributed by atoms with Crippen molar-refractivity contribution in [1.82, 2.24) is 10.1 Å². The molecule has 0 unspecified atom stereocenters. The first-order chi connectivity index (χ1) is 9.28. The van der Waals surface area contributed by atoms with E-state index in [0.717, 1.165) is 18.7 Å². The van der Waals surface area contributed by atoms with Crippen LogP contribution in [0.2, 0.25) is 0 Å². The monoisotopic (exact) mass is 263 g/mol. The van der Waals surface area contributed by atoms with Crippen molar-refractivity contribution in [2.24, 2.45) is 5.73 Å². The summed E-state index contributed by atoms with van der Waals surface area (Å²) < 4.78 is 5.53. The van der Waals surface area contributed by atoms with Crippen LogP contribution in [0.5, 0.6) is 0 Å². The van der Waals surface area contributed by atoms with Crippen molar-refractivity contribution >= 4 is 0 Å². The molecule has 4 heteroatoms. The molecule has 0 aliphatic heterocycles. The number of hydrogen-bond acceptors (Lipinski definition) is 4. The van der Waals surface area contributed by atoms with Gasteiger partial charge in [0.15, 0.2) is 5.82 Å². The van der Waals surface area contributed by atoms with Gasteiger partial charge in [-0.2, -0.15) is 4.98 Å². The SMILES string of the molecule is NC1(c2nc(C3CCCCC3)no2)CCCCCC1. The lowest BCUT2D eigenvalue weighted by molar-refractivity contribution is 0.255. The van der Waals surface area contributed by atoms with Gasteiger partial charge < -0.3 is 10.3 Å². The average molecular weight is 263 g/mol. The van der Waals surface area contributed by atoms with Gasteiger partial charge in [0.2, 0.25) is 5.89 Å². The molecule has 2 fully saturated rings. The molecule has 1 aromatic rings. The van der Waals surface area contributed by atoms with Crippen molar-refractivity contribution in [2.75, 3.05) is 0 Å². The third kappa shape index (κ3) is 2.83. The first kappa shape index (κ1) is 13.1. The van der Waals surface area contributed by atoms with E-state index in [-0.39, 0.29) is 5.54 Å². The zero-order chi connectivity index (χ0) is 13.1. The Balaban J connectivity index is 1.75. The second-order valence-electron chi connectivity index (χ2n) is 6.36. The summed E-state index contributed by atoms with van der Waals surface area (Å²) in [5.41, 5.74) is 6.16. The summed E-state index contributed by atoms with van der Waals surface area (Å²) in [6.07, 6.45) is 13.2. The van der Waals surface area contributed by atoms with Crippen molar-refractivity contribution in [1.29, 1.82) is 0 Å². The van der Waals surface area contributed by atoms with Crippen LogP contribution in [0.1, 0.15) is 88.3 Å². The third-order valence-corrected chi connectivity index (χ3v) is 4.83. The lowest BCUT2D eigenvalue weighted by Crippen LogP contribution is -2.36. The second-order valence-corrected chi connectivity index (χ2v) is 6.36. The van der Waals surface area contributed by atoms with Gasteiger partial charge >= 0.3 is 0 Å². The number of hydrogen-bond donors (Lipinski definition) is 1. The van der Waals surface area contributed by atoms with E-state index in [0.29, 0.717) is 11.8 Å². The molecule has 2 saturated carbocycles. The predicted octanol–water partition coefficient (Wildman–Crippen LogP) is 3.63. The summed E-state index contributed by atoms with van der Waals surface area (Å²) in [7, 11) is 0. The first-order valence-electron chi connectivity index (χ1n) is 7.91. The van der Waals surface area contributed by atoms with Crippen molar-refractivity contribution in [3.63, 3.8) is 0 Å². The second kappa shape index (κ2) is 5.61. The molecule has 4 nitrogen and oxygen atoms in total. The van der Waals surface area contributed by atoms with Crippen molar-refractivity contribution in [2.45, 2.75) is 82.1 Å². The van der Waals surface area contributed by atoms with Crippen LogP contribution in [-0.4, -0.2) is 10.1 Å². The van der Waals surface area contributed by atoms with Crippen LogP contribution in [0.4, 0.5) is 0 Å². The molecule has 3 rings (SSSR count). The fourth-order valence-electron chi connectivity index (χ4n) is 3.54.